The number of nitrogens with zero attached hydrogens (tertiary/aromatic N) is 2. The topological polar surface area (TPSA) is 26.3 Å². The Labute approximate surface area is 112 Å². The van der Waals surface area contributed by atoms with Crippen molar-refractivity contribution in [3.63, 3.8) is 0 Å². The highest BCUT2D eigenvalue weighted by atomic mass is 16.5. The van der Waals surface area contributed by atoms with E-state index in [1.807, 2.05) is 0 Å². The molecular weight excluding hydrogens is 228 g/mol. The molecule has 0 aromatic rings. The summed E-state index contributed by atoms with van der Waals surface area (Å²) < 4.78 is 7.18. The van der Waals surface area contributed by atoms with Crippen LogP contribution in [0, 0.1) is 0 Å². The van der Waals surface area contributed by atoms with Gasteiger partial charge in [-0.3, -0.25) is 0 Å². The van der Waals surface area contributed by atoms with E-state index in [-0.39, 0.29) is 12.1 Å². The van der Waals surface area contributed by atoms with E-state index in [4.69, 9.17) is 4.74 Å². The molecule has 0 saturated heterocycles. The predicted molar refractivity (Wildman–Crippen MR) is 75.1 cm³/mol. The van der Waals surface area contributed by atoms with Crippen LogP contribution in [-0.4, -0.2) is 75.4 Å². The molecule has 0 aliphatic rings. The van der Waals surface area contributed by atoms with E-state index in [0.29, 0.717) is 0 Å². The fourth-order valence-corrected chi connectivity index (χ4v) is 1.71. The average Bonchev–Trinajstić information content (AvgIpc) is 2.27. The van der Waals surface area contributed by atoms with Gasteiger partial charge in [0.15, 0.2) is 6.10 Å². The molecule has 0 atom stereocenters. The SMILES string of the molecule is C=CC(=O)OC(C[N+](C)(C)CC)C[N+](C)(C)CC. The molecule has 0 heterocycles. The molecule has 0 fully saturated rings. The van der Waals surface area contributed by atoms with E-state index in [9.17, 15) is 4.79 Å². The number of carbonyl (C=O) groups is 1. The molecule has 0 aliphatic carbocycles. The number of esters is 1. The first kappa shape index (κ1) is 17.1. The highest BCUT2D eigenvalue weighted by molar-refractivity contribution is 5.81. The van der Waals surface area contributed by atoms with Crippen LogP contribution >= 0.6 is 0 Å². The lowest BCUT2D eigenvalue weighted by atomic mass is 10.2. The van der Waals surface area contributed by atoms with Crippen molar-refractivity contribution < 1.29 is 18.5 Å². The number of carbonyl (C=O) groups excluding carboxylic acids is 1. The van der Waals surface area contributed by atoms with Crippen LogP contribution < -0.4 is 0 Å². The molecule has 0 aromatic heterocycles. The second kappa shape index (κ2) is 6.90. The first-order chi connectivity index (χ1) is 8.15. The Morgan fingerprint density at radius 1 is 1.11 bits per heavy atom. The van der Waals surface area contributed by atoms with Crippen LogP contribution in [0.4, 0.5) is 0 Å². The maximum atomic E-state index is 11.4. The molecular formula is C14H30N2O2+2. The highest BCUT2D eigenvalue weighted by Crippen LogP contribution is 2.09. The van der Waals surface area contributed by atoms with Crippen molar-refractivity contribution in [2.45, 2.75) is 20.0 Å². The molecule has 0 unspecified atom stereocenters. The number of quaternary nitrogens is 2. The third-order valence-corrected chi connectivity index (χ3v) is 3.56. The van der Waals surface area contributed by atoms with Crippen molar-refractivity contribution in [3.05, 3.63) is 12.7 Å². The molecule has 0 N–H and O–H groups in total. The van der Waals surface area contributed by atoms with E-state index in [1.54, 1.807) is 0 Å². The highest BCUT2D eigenvalue weighted by Gasteiger charge is 2.29. The normalized spacial score (nSPS) is 12.6. The third-order valence-electron chi connectivity index (χ3n) is 3.56. The van der Waals surface area contributed by atoms with Gasteiger partial charge in [0.05, 0.1) is 41.3 Å². The number of likely N-dealkylation sites (N-methyl/N-ethyl adjacent to an activating group) is 2. The van der Waals surface area contributed by atoms with E-state index < -0.39 is 0 Å². The van der Waals surface area contributed by atoms with Gasteiger partial charge in [0, 0.05) is 6.08 Å². The van der Waals surface area contributed by atoms with Crippen molar-refractivity contribution in [3.8, 4) is 0 Å². The van der Waals surface area contributed by atoms with Crippen molar-refractivity contribution >= 4 is 5.97 Å². The Bertz CT molecular complexity index is 268. The van der Waals surface area contributed by atoms with Gasteiger partial charge < -0.3 is 13.7 Å². The van der Waals surface area contributed by atoms with E-state index in [1.165, 1.54) is 6.08 Å². The molecule has 0 radical (unpaired) electrons. The number of hydrogen-bond acceptors (Lipinski definition) is 2. The fraction of sp³-hybridized carbons (Fsp3) is 0.786. The summed E-state index contributed by atoms with van der Waals surface area (Å²) in [5, 5.41) is 0. The van der Waals surface area contributed by atoms with Crippen molar-refractivity contribution in [2.75, 3.05) is 54.4 Å². The van der Waals surface area contributed by atoms with Gasteiger partial charge in [-0.2, -0.15) is 0 Å². The van der Waals surface area contributed by atoms with E-state index >= 15 is 0 Å². The Hall–Kier alpha value is -0.870. The third kappa shape index (κ3) is 6.77. The first-order valence-corrected chi connectivity index (χ1v) is 6.63. The van der Waals surface area contributed by atoms with Gasteiger partial charge in [-0.25, -0.2) is 4.79 Å². The first-order valence-electron chi connectivity index (χ1n) is 6.63. The quantitative estimate of drug-likeness (QED) is 0.372. The summed E-state index contributed by atoms with van der Waals surface area (Å²) >= 11 is 0. The van der Waals surface area contributed by atoms with Gasteiger partial charge in [-0.15, -0.1) is 0 Å². The Morgan fingerprint density at radius 3 is 1.78 bits per heavy atom. The summed E-state index contributed by atoms with van der Waals surface area (Å²) in [5.41, 5.74) is 0. The van der Waals surface area contributed by atoms with E-state index in [2.05, 4.69) is 48.6 Å². The minimum Gasteiger partial charge on any atom is -0.447 e. The van der Waals surface area contributed by atoms with Crippen molar-refractivity contribution in [2.24, 2.45) is 0 Å². The lowest BCUT2D eigenvalue weighted by molar-refractivity contribution is -0.912. The zero-order chi connectivity index (χ0) is 14.4. The summed E-state index contributed by atoms with van der Waals surface area (Å²) in [6, 6.07) is 0. The minimum atomic E-state index is -0.327. The van der Waals surface area contributed by atoms with Crippen LogP contribution in [-0.2, 0) is 9.53 Å². The largest absolute Gasteiger partial charge is 0.447 e. The lowest BCUT2D eigenvalue weighted by Gasteiger charge is -2.36. The van der Waals surface area contributed by atoms with Crippen LogP contribution in [0.3, 0.4) is 0 Å². The second-order valence-electron chi connectivity index (χ2n) is 6.13. The summed E-state index contributed by atoms with van der Waals surface area (Å²) in [6.45, 7) is 11.4. The van der Waals surface area contributed by atoms with Crippen LogP contribution in [0.25, 0.3) is 0 Å². The van der Waals surface area contributed by atoms with Crippen LogP contribution in [0.2, 0.25) is 0 Å². The number of rotatable bonds is 8. The van der Waals surface area contributed by atoms with Crippen LogP contribution in [0.5, 0.6) is 0 Å². The zero-order valence-electron chi connectivity index (χ0n) is 12.9. The Balaban J connectivity index is 4.72. The predicted octanol–water partition coefficient (Wildman–Crippen LogP) is 1.28. The zero-order valence-corrected chi connectivity index (χ0v) is 12.9. The van der Waals surface area contributed by atoms with Crippen molar-refractivity contribution in [1.82, 2.24) is 0 Å². The van der Waals surface area contributed by atoms with Gasteiger partial charge in [0.1, 0.15) is 13.1 Å². The molecule has 4 nitrogen and oxygen atoms in total. The summed E-state index contributed by atoms with van der Waals surface area (Å²) in [4.78, 5) is 11.4. The molecule has 0 saturated carbocycles. The number of hydrogen-bond donors (Lipinski definition) is 0. The standard InChI is InChI=1S/C14H30N2O2/c1-8-14(17)18-13(11-15(4,5)9-2)12-16(6,7)10-3/h8,13H,1,9-12H2,2-7H3/q+2. The molecule has 0 amide bonds. The van der Waals surface area contributed by atoms with Crippen LogP contribution in [0.1, 0.15) is 13.8 Å². The van der Waals surface area contributed by atoms with Crippen LogP contribution in [0.15, 0.2) is 12.7 Å². The minimum absolute atomic E-state index is 0.0691. The molecule has 18 heavy (non-hydrogen) atoms. The lowest BCUT2D eigenvalue weighted by Crippen LogP contribution is -2.53. The van der Waals surface area contributed by atoms with Crippen molar-refractivity contribution in [1.29, 1.82) is 0 Å². The van der Waals surface area contributed by atoms with Gasteiger partial charge >= 0.3 is 5.97 Å². The molecule has 0 aromatic carbocycles. The Kier molecular flexibility index (Phi) is 6.57. The van der Waals surface area contributed by atoms with Gasteiger partial charge in [0.25, 0.3) is 0 Å². The maximum absolute atomic E-state index is 11.4. The second-order valence-corrected chi connectivity index (χ2v) is 6.13. The molecule has 106 valence electrons. The molecule has 0 aliphatic heterocycles. The van der Waals surface area contributed by atoms with Gasteiger partial charge in [0.2, 0.25) is 0 Å². The summed E-state index contributed by atoms with van der Waals surface area (Å²) in [7, 11) is 8.61. The summed E-state index contributed by atoms with van der Waals surface area (Å²) in [6.07, 6.45) is 1.17. The fourth-order valence-electron chi connectivity index (χ4n) is 1.71. The molecule has 0 spiro atoms. The smallest absolute Gasteiger partial charge is 0.330 e. The molecule has 0 rings (SSSR count). The number of ether oxygens (including phenoxy) is 1. The van der Waals surface area contributed by atoms with Gasteiger partial charge in [-0.05, 0) is 13.8 Å². The average molecular weight is 258 g/mol. The molecule has 0 bridgehead atoms. The van der Waals surface area contributed by atoms with Gasteiger partial charge in [-0.1, -0.05) is 6.58 Å². The van der Waals surface area contributed by atoms with E-state index in [0.717, 1.165) is 35.1 Å². The monoisotopic (exact) mass is 258 g/mol. The Morgan fingerprint density at radius 2 is 1.50 bits per heavy atom. The maximum Gasteiger partial charge on any atom is 0.330 e. The summed E-state index contributed by atoms with van der Waals surface area (Å²) in [5.74, 6) is -0.327. The molecule has 4 heteroatoms.